The predicted octanol–water partition coefficient (Wildman–Crippen LogP) is 9.27. The van der Waals surface area contributed by atoms with E-state index in [-0.39, 0.29) is 0 Å². The van der Waals surface area contributed by atoms with Crippen LogP contribution in [0.15, 0.2) is 140 Å². The van der Waals surface area contributed by atoms with Crippen molar-refractivity contribution in [1.29, 1.82) is 5.26 Å². The smallest absolute Gasteiger partial charge is 0.181 e. The predicted molar refractivity (Wildman–Crippen MR) is 177 cm³/mol. The molecule has 0 unspecified atom stereocenters. The zero-order valence-corrected chi connectivity index (χ0v) is 23.5. The molecule has 44 heavy (non-hydrogen) atoms. The summed E-state index contributed by atoms with van der Waals surface area (Å²) in [5.74, 6) is 0.482. The van der Waals surface area contributed by atoms with Gasteiger partial charge in [0.1, 0.15) is 11.4 Å². The summed E-state index contributed by atoms with van der Waals surface area (Å²) in [7, 11) is 0. The van der Waals surface area contributed by atoms with Gasteiger partial charge in [-0.05, 0) is 51.9 Å². The Hall–Kier alpha value is -6.25. The Morgan fingerprint density at radius 3 is 1.52 bits per heavy atom. The summed E-state index contributed by atoms with van der Waals surface area (Å²) in [6.45, 7) is 0. The SMILES string of the molecule is N#Cc1ccc(-c2nc3ccccc3nc2-c2nc(-c3cccc4ccccc34)cc(-c3cccc4ccccc34)n2)cc1. The minimum Gasteiger partial charge on any atom is -0.244 e. The fourth-order valence-electron chi connectivity index (χ4n) is 5.79. The van der Waals surface area contributed by atoms with Crippen LogP contribution in [0.2, 0.25) is 0 Å². The summed E-state index contributed by atoms with van der Waals surface area (Å²) < 4.78 is 0. The van der Waals surface area contributed by atoms with Crippen LogP contribution in [0.4, 0.5) is 0 Å². The highest BCUT2D eigenvalue weighted by atomic mass is 15.0. The van der Waals surface area contributed by atoms with Gasteiger partial charge in [0.05, 0.1) is 34.1 Å². The van der Waals surface area contributed by atoms with Gasteiger partial charge in [-0.2, -0.15) is 5.26 Å². The lowest BCUT2D eigenvalue weighted by atomic mass is 9.98. The lowest BCUT2D eigenvalue weighted by Gasteiger charge is -2.14. The average Bonchev–Trinajstić information content (AvgIpc) is 3.10. The second-order valence-corrected chi connectivity index (χ2v) is 10.6. The van der Waals surface area contributed by atoms with Crippen molar-refractivity contribution in [1.82, 2.24) is 19.9 Å². The van der Waals surface area contributed by atoms with E-state index in [9.17, 15) is 5.26 Å². The number of aromatic nitrogens is 4. The van der Waals surface area contributed by atoms with E-state index >= 15 is 0 Å². The van der Waals surface area contributed by atoms with Crippen molar-refractivity contribution < 1.29 is 0 Å². The number of nitriles is 1. The van der Waals surface area contributed by atoms with Crippen molar-refractivity contribution >= 4 is 32.6 Å². The van der Waals surface area contributed by atoms with Crippen LogP contribution < -0.4 is 0 Å². The highest BCUT2D eigenvalue weighted by Gasteiger charge is 2.20. The molecule has 0 aliphatic carbocycles. The third-order valence-electron chi connectivity index (χ3n) is 7.93. The fourth-order valence-corrected chi connectivity index (χ4v) is 5.79. The van der Waals surface area contributed by atoms with E-state index < -0.39 is 0 Å². The lowest BCUT2D eigenvalue weighted by Crippen LogP contribution is -2.02. The van der Waals surface area contributed by atoms with E-state index in [1.165, 1.54) is 0 Å². The fraction of sp³-hybridized carbons (Fsp3) is 0. The van der Waals surface area contributed by atoms with Crippen molar-refractivity contribution in [3.63, 3.8) is 0 Å². The van der Waals surface area contributed by atoms with Crippen molar-refractivity contribution in [3.8, 4) is 51.4 Å². The molecule has 5 heteroatoms. The van der Waals surface area contributed by atoms with Gasteiger partial charge in [0, 0.05) is 16.7 Å². The summed E-state index contributed by atoms with van der Waals surface area (Å²) in [5, 5.41) is 13.9. The largest absolute Gasteiger partial charge is 0.244 e. The maximum atomic E-state index is 9.40. The number of rotatable bonds is 4. The zero-order chi connectivity index (χ0) is 29.5. The molecule has 0 bridgehead atoms. The standard InChI is InChI=1S/C39H23N5/c40-24-25-19-21-28(22-20-25)37-38(42-34-18-6-5-17-33(34)41-37)39-43-35(31-15-7-11-26-9-1-3-13-29(26)31)23-36(44-39)32-16-8-12-27-10-2-4-14-30(27)32/h1-23H. The number of hydrogen-bond acceptors (Lipinski definition) is 5. The van der Waals surface area contributed by atoms with Gasteiger partial charge in [0.25, 0.3) is 0 Å². The molecule has 0 atom stereocenters. The Labute approximate surface area is 253 Å². The quantitative estimate of drug-likeness (QED) is 0.214. The van der Waals surface area contributed by atoms with Gasteiger partial charge < -0.3 is 0 Å². The van der Waals surface area contributed by atoms with Gasteiger partial charge in [0.15, 0.2) is 5.82 Å². The highest BCUT2D eigenvalue weighted by Crippen LogP contribution is 2.36. The first-order valence-electron chi connectivity index (χ1n) is 14.4. The van der Waals surface area contributed by atoms with Crippen LogP contribution in [0.3, 0.4) is 0 Å². The van der Waals surface area contributed by atoms with Gasteiger partial charge in [-0.25, -0.2) is 19.9 Å². The first-order valence-corrected chi connectivity index (χ1v) is 14.4. The van der Waals surface area contributed by atoms with Gasteiger partial charge in [-0.1, -0.05) is 109 Å². The minimum atomic E-state index is 0.482. The Balaban J connectivity index is 1.45. The topological polar surface area (TPSA) is 75.3 Å². The second-order valence-electron chi connectivity index (χ2n) is 10.6. The molecule has 0 saturated heterocycles. The van der Waals surface area contributed by atoms with Crippen molar-refractivity contribution in [2.75, 3.05) is 0 Å². The maximum absolute atomic E-state index is 9.40. The molecule has 2 aromatic heterocycles. The van der Waals surface area contributed by atoms with E-state index in [2.05, 4.69) is 84.9 Å². The number of fused-ring (bicyclic) bond motifs is 3. The number of para-hydroxylation sites is 2. The first-order chi connectivity index (χ1) is 21.7. The number of benzene rings is 6. The molecule has 0 aliphatic heterocycles. The maximum Gasteiger partial charge on any atom is 0.181 e. The van der Waals surface area contributed by atoms with Crippen LogP contribution >= 0.6 is 0 Å². The molecule has 6 aromatic carbocycles. The van der Waals surface area contributed by atoms with Crippen LogP contribution in [-0.4, -0.2) is 19.9 Å². The molecule has 0 radical (unpaired) electrons. The molecule has 0 fully saturated rings. The normalized spacial score (nSPS) is 11.2. The molecular formula is C39H23N5. The summed E-state index contributed by atoms with van der Waals surface area (Å²) in [6, 6.07) is 48.8. The van der Waals surface area contributed by atoms with Crippen LogP contribution in [0, 0.1) is 11.3 Å². The monoisotopic (exact) mass is 561 g/mol. The molecule has 8 rings (SSSR count). The van der Waals surface area contributed by atoms with Gasteiger partial charge in [-0.3, -0.25) is 0 Å². The molecule has 204 valence electrons. The molecule has 0 amide bonds. The lowest BCUT2D eigenvalue weighted by molar-refractivity contribution is 1.15. The first kappa shape index (κ1) is 25.5. The number of hydrogen-bond donors (Lipinski definition) is 0. The molecule has 5 nitrogen and oxygen atoms in total. The third kappa shape index (κ3) is 4.43. The molecule has 0 N–H and O–H groups in total. The molecule has 0 aliphatic rings. The van der Waals surface area contributed by atoms with Crippen molar-refractivity contribution in [3.05, 3.63) is 145 Å². The molecule has 0 saturated carbocycles. The van der Waals surface area contributed by atoms with Crippen LogP contribution in [-0.2, 0) is 0 Å². The molecule has 8 aromatic rings. The van der Waals surface area contributed by atoms with Crippen molar-refractivity contribution in [2.45, 2.75) is 0 Å². The van der Waals surface area contributed by atoms with Gasteiger partial charge >= 0.3 is 0 Å². The highest BCUT2D eigenvalue weighted by molar-refractivity contribution is 5.99. The Morgan fingerprint density at radius 2 is 0.955 bits per heavy atom. The van der Waals surface area contributed by atoms with E-state index in [0.29, 0.717) is 22.8 Å². The third-order valence-corrected chi connectivity index (χ3v) is 7.93. The Morgan fingerprint density at radius 1 is 0.455 bits per heavy atom. The van der Waals surface area contributed by atoms with Crippen LogP contribution in [0.25, 0.3) is 77.9 Å². The number of nitrogens with zero attached hydrogens (tertiary/aromatic N) is 5. The van der Waals surface area contributed by atoms with Crippen LogP contribution in [0.1, 0.15) is 5.56 Å². The molecular weight excluding hydrogens is 538 g/mol. The van der Waals surface area contributed by atoms with Gasteiger partial charge in [-0.15, -0.1) is 0 Å². The van der Waals surface area contributed by atoms with E-state index in [0.717, 1.165) is 60.7 Å². The van der Waals surface area contributed by atoms with Crippen LogP contribution in [0.5, 0.6) is 0 Å². The molecule has 2 heterocycles. The molecule has 0 spiro atoms. The second kappa shape index (κ2) is 10.5. The summed E-state index contributed by atoms with van der Waals surface area (Å²) >= 11 is 0. The average molecular weight is 562 g/mol. The van der Waals surface area contributed by atoms with E-state index in [1.807, 2.05) is 48.5 Å². The van der Waals surface area contributed by atoms with E-state index in [1.54, 1.807) is 12.1 Å². The summed E-state index contributed by atoms with van der Waals surface area (Å²) in [5.41, 5.74) is 7.82. The van der Waals surface area contributed by atoms with Gasteiger partial charge in [0.2, 0.25) is 0 Å². The zero-order valence-electron chi connectivity index (χ0n) is 23.5. The summed E-state index contributed by atoms with van der Waals surface area (Å²) in [4.78, 5) is 20.5. The minimum absolute atomic E-state index is 0.482. The van der Waals surface area contributed by atoms with E-state index in [4.69, 9.17) is 19.9 Å². The van der Waals surface area contributed by atoms with Crippen molar-refractivity contribution in [2.24, 2.45) is 0 Å². The summed E-state index contributed by atoms with van der Waals surface area (Å²) in [6.07, 6.45) is 0. The Bertz CT molecular complexity index is 2300. The Kier molecular flexibility index (Phi) is 6.10.